The summed E-state index contributed by atoms with van der Waals surface area (Å²) >= 11 is 0. The van der Waals surface area contributed by atoms with Gasteiger partial charge in [-0.2, -0.15) is 0 Å². The number of benzene rings is 3. The molecule has 0 spiro atoms. The summed E-state index contributed by atoms with van der Waals surface area (Å²) in [4.78, 5) is 0. The number of nitrogens with zero attached hydrogens (tertiary/aromatic N) is 1. The highest BCUT2D eigenvalue weighted by atomic mass is 15.0. The Labute approximate surface area is 129 Å². The maximum absolute atomic E-state index is 2.46. The molecule has 1 aliphatic heterocycles. The van der Waals surface area contributed by atoms with Crippen molar-refractivity contribution in [3.63, 3.8) is 0 Å². The molecule has 1 heteroatoms. The lowest BCUT2D eigenvalue weighted by Gasteiger charge is -2.05. The lowest BCUT2D eigenvalue weighted by atomic mass is 9.97. The summed E-state index contributed by atoms with van der Waals surface area (Å²) in [6.07, 6.45) is 0. The smallest absolute Gasteiger partial charge is 0.0577 e. The van der Waals surface area contributed by atoms with Gasteiger partial charge in [0.25, 0.3) is 0 Å². The minimum absolute atomic E-state index is 0.971. The molecule has 5 rings (SSSR count). The number of rotatable bonds is 1. The molecule has 0 fully saturated rings. The molecule has 1 nitrogen and oxygen atoms in total. The Morgan fingerprint density at radius 1 is 0.682 bits per heavy atom. The van der Waals surface area contributed by atoms with E-state index in [4.69, 9.17) is 0 Å². The van der Waals surface area contributed by atoms with Crippen LogP contribution in [-0.4, -0.2) is 4.57 Å². The summed E-state index contributed by atoms with van der Waals surface area (Å²) in [7, 11) is 0. The molecule has 0 unspecified atom stereocenters. The summed E-state index contributed by atoms with van der Waals surface area (Å²) in [6.45, 7) is 0.971. The number of hydrogen-bond acceptors (Lipinski definition) is 0. The molecule has 0 amide bonds. The third kappa shape index (κ3) is 1.48. The van der Waals surface area contributed by atoms with E-state index >= 15 is 0 Å². The van der Waals surface area contributed by atoms with Crippen LogP contribution in [-0.2, 0) is 6.54 Å². The van der Waals surface area contributed by atoms with Crippen molar-refractivity contribution >= 4 is 10.9 Å². The standard InChI is InChI=1S/C21H15N/c1-2-8-15(9-3-1)20-18-12-6-7-13-19(18)22-14-16-10-4-5-11-17(16)21(20)22/h1-13H,14H2. The van der Waals surface area contributed by atoms with E-state index in [0.717, 1.165) is 6.54 Å². The van der Waals surface area contributed by atoms with Crippen LogP contribution in [0.1, 0.15) is 5.56 Å². The molecule has 1 aliphatic rings. The molecular weight excluding hydrogens is 266 g/mol. The lowest BCUT2D eigenvalue weighted by molar-refractivity contribution is 0.887. The Balaban J connectivity index is 1.95. The molecule has 104 valence electrons. The second kappa shape index (κ2) is 4.35. The zero-order chi connectivity index (χ0) is 14.5. The van der Waals surface area contributed by atoms with Gasteiger partial charge in [-0.15, -0.1) is 0 Å². The lowest BCUT2D eigenvalue weighted by Crippen LogP contribution is -1.91. The predicted octanol–water partition coefficient (Wildman–Crippen LogP) is 5.34. The molecule has 1 aromatic heterocycles. The van der Waals surface area contributed by atoms with Crippen LogP contribution in [0.4, 0.5) is 0 Å². The summed E-state index contributed by atoms with van der Waals surface area (Å²) in [6, 6.07) is 28.3. The monoisotopic (exact) mass is 281 g/mol. The van der Waals surface area contributed by atoms with Gasteiger partial charge in [0.2, 0.25) is 0 Å². The van der Waals surface area contributed by atoms with Crippen molar-refractivity contribution in [2.75, 3.05) is 0 Å². The van der Waals surface area contributed by atoms with Crippen LogP contribution in [0.25, 0.3) is 33.3 Å². The molecule has 3 aromatic carbocycles. The topological polar surface area (TPSA) is 4.93 Å². The molecule has 0 radical (unpaired) electrons. The fourth-order valence-corrected chi connectivity index (χ4v) is 3.70. The number of para-hydroxylation sites is 1. The van der Waals surface area contributed by atoms with Crippen LogP contribution in [0.15, 0.2) is 78.9 Å². The number of hydrogen-bond donors (Lipinski definition) is 0. The maximum atomic E-state index is 2.46. The van der Waals surface area contributed by atoms with Crippen LogP contribution >= 0.6 is 0 Å². The molecule has 0 aliphatic carbocycles. The highest BCUT2D eigenvalue weighted by Gasteiger charge is 2.25. The van der Waals surface area contributed by atoms with E-state index in [1.807, 2.05) is 0 Å². The summed E-state index contributed by atoms with van der Waals surface area (Å²) < 4.78 is 2.46. The third-order valence-electron chi connectivity index (χ3n) is 4.63. The average molecular weight is 281 g/mol. The Morgan fingerprint density at radius 2 is 1.41 bits per heavy atom. The van der Waals surface area contributed by atoms with Crippen molar-refractivity contribution < 1.29 is 0 Å². The van der Waals surface area contributed by atoms with Crippen LogP contribution < -0.4 is 0 Å². The summed E-state index contributed by atoms with van der Waals surface area (Å²) in [5.74, 6) is 0. The van der Waals surface area contributed by atoms with Gasteiger partial charge in [-0.05, 0) is 17.2 Å². The van der Waals surface area contributed by atoms with Crippen molar-refractivity contribution in [1.29, 1.82) is 0 Å². The zero-order valence-electron chi connectivity index (χ0n) is 12.2. The fourth-order valence-electron chi connectivity index (χ4n) is 3.70. The van der Waals surface area contributed by atoms with Gasteiger partial charge >= 0.3 is 0 Å². The second-order valence-corrected chi connectivity index (χ2v) is 5.85. The third-order valence-corrected chi connectivity index (χ3v) is 4.63. The second-order valence-electron chi connectivity index (χ2n) is 5.85. The minimum Gasteiger partial charge on any atom is -0.335 e. The minimum atomic E-state index is 0.971. The van der Waals surface area contributed by atoms with Gasteiger partial charge in [0.1, 0.15) is 0 Å². The van der Waals surface area contributed by atoms with Gasteiger partial charge < -0.3 is 4.57 Å². The van der Waals surface area contributed by atoms with E-state index in [2.05, 4.69) is 83.4 Å². The largest absolute Gasteiger partial charge is 0.335 e. The highest BCUT2D eigenvalue weighted by Crippen LogP contribution is 2.45. The Kier molecular flexibility index (Phi) is 2.33. The Hall–Kier alpha value is -2.80. The maximum Gasteiger partial charge on any atom is 0.0577 e. The van der Waals surface area contributed by atoms with E-state index in [1.165, 1.54) is 38.9 Å². The molecule has 0 saturated carbocycles. The van der Waals surface area contributed by atoms with Gasteiger partial charge in [0, 0.05) is 28.6 Å². The number of fused-ring (bicyclic) bond motifs is 5. The zero-order valence-corrected chi connectivity index (χ0v) is 12.2. The van der Waals surface area contributed by atoms with Crippen LogP contribution in [0.5, 0.6) is 0 Å². The van der Waals surface area contributed by atoms with Gasteiger partial charge in [-0.1, -0.05) is 72.8 Å². The molecule has 0 atom stereocenters. The summed E-state index contributed by atoms with van der Waals surface area (Å²) in [5.41, 5.74) is 8.14. The first kappa shape index (κ1) is 11.8. The van der Waals surface area contributed by atoms with E-state index < -0.39 is 0 Å². The fraction of sp³-hybridized carbons (Fsp3) is 0.0476. The molecule has 2 heterocycles. The van der Waals surface area contributed by atoms with Crippen molar-refractivity contribution in [2.24, 2.45) is 0 Å². The van der Waals surface area contributed by atoms with Crippen LogP contribution in [0, 0.1) is 0 Å². The van der Waals surface area contributed by atoms with Gasteiger partial charge in [0.05, 0.1) is 5.69 Å². The first-order valence-electron chi connectivity index (χ1n) is 7.68. The molecule has 4 aromatic rings. The van der Waals surface area contributed by atoms with E-state index in [0.29, 0.717) is 0 Å². The molecule has 0 bridgehead atoms. The summed E-state index contributed by atoms with van der Waals surface area (Å²) in [5, 5.41) is 1.35. The van der Waals surface area contributed by atoms with Crippen molar-refractivity contribution in [1.82, 2.24) is 4.57 Å². The quantitative estimate of drug-likeness (QED) is 0.391. The molecular formula is C21H15N. The Morgan fingerprint density at radius 3 is 2.32 bits per heavy atom. The first-order chi connectivity index (χ1) is 10.9. The van der Waals surface area contributed by atoms with Gasteiger partial charge in [-0.25, -0.2) is 0 Å². The first-order valence-corrected chi connectivity index (χ1v) is 7.68. The molecule has 0 N–H and O–H groups in total. The van der Waals surface area contributed by atoms with E-state index in [-0.39, 0.29) is 0 Å². The normalized spacial score (nSPS) is 12.4. The van der Waals surface area contributed by atoms with Crippen molar-refractivity contribution in [2.45, 2.75) is 6.54 Å². The predicted molar refractivity (Wildman–Crippen MR) is 91.9 cm³/mol. The van der Waals surface area contributed by atoms with Crippen molar-refractivity contribution in [3.05, 3.63) is 84.4 Å². The molecule has 0 saturated heterocycles. The van der Waals surface area contributed by atoms with Crippen LogP contribution in [0.2, 0.25) is 0 Å². The van der Waals surface area contributed by atoms with Gasteiger partial charge in [0.15, 0.2) is 0 Å². The molecule has 22 heavy (non-hydrogen) atoms. The SMILES string of the molecule is c1ccc(-c2c3n(c4ccccc24)Cc2ccccc2-3)cc1. The highest BCUT2D eigenvalue weighted by molar-refractivity contribution is 6.05. The van der Waals surface area contributed by atoms with E-state index in [9.17, 15) is 0 Å². The van der Waals surface area contributed by atoms with E-state index in [1.54, 1.807) is 0 Å². The van der Waals surface area contributed by atoms with Gasteiger partial charge in [-0.3, -0.25) is 0 Å². The number of aromatic nitrogens is 1. The Bertz CT molecular complexity index is 993. The van der Waals surface area contributed by atoms with Crippen LogP contribution in [0.3, 0.4) is 0 Å². The van der Waals surface area contributed by atoms with Crippen molar-refractivity contribution in [3.8, 4) is 22.4 Å². The average Bonchev–Trinajstić information content (AvgIpc) is 3.10.